The molecule has 1 heterocycles. The molecule has 0 saturated heterocycles. The molecule has 0 aromatic heterocycles. The SMILES string of the molecule is Clc1ccc(C2OCC=CCO2)cc1. The first-order chi connectivity index (χ1) is 6.86. The predicted octanol–water partition coefficient (Wildman–Crippen LogP) is 2.94. The van der Waals surface area contributed by atoms with Crippen molar-refractivity contribution in [3.8, 4) is 0 Å². The molecule has 0 N–H and O–H groups in total. The van der Waals surface area contributed by atoms with Crippen LogP contribution in [0.15, 0.2) is 36.4 Å². The molecule has 0 atom stereocenters. The summed E-state index contributed by atoms with van der Waals surface area (Å²) in [5.41, 5.74) is 0.998. The van der Waals surface area contributed by atoms with Crippen LogP contribution in [0.3, 0.4) is 0 Å². The van der Waals surface area contributed by atoms with Gasteiger partial charge in [-0.1, -0.05) is 35.9 Å². The van der Waals surface area contributed by atoms with E-state index in [1.165, 1.54) is 0 Å². The molecule has 1 aliphatic rings. The van der Waals surface area contributed by atoms with E-state index < -0.39 is 0 Å². The van der Waals surface area contributed by atoms with Gasteiger partial charge in [-0.05, 0) is 12.1 Å². The van der Waals surface area contributed by atoms with Gasteiger partial charge < -0.3 is 9.47 Å². The van der Waals surface area contributed by atoms with Crippen molar-refractivity contribution in [3.05, 3.63) is 47.0 Å². The largest absolute Gasteiger partial charge is 0.344 e. The lowest BCUT2D eigenvalue weighted by atomic mass is 10.2. The number of benzene rings is 1. The highest BCUT2D eigenvalue weighted by atomic mass is 35.5. The Bertz CT molecular complexity index is 309. The lowest BCUT2D eigenvalue weighted by Crippen LogP contribution is -2.06. The number of hydrogen-bond donors (Lipinski definition) is 0. The summed E-state index contributed by atoms with van der Waals surface area (Å²) in [5, 5.41) is 0.723. The van der Waals surface area contributed by atoms with Gasteiger partial charge in [0.15, 0.2) is 6.29 Å². The summed E-state index contributed by atoms with van der Waals surface area (Å²) >= 11 is 5.79. The molecule has 0 radical (unpaired) electrons. The van der Waals surface area contributed by atoms with Crippen LogP contribution in [0.25, 0.3) is 0 Å². The zero-order chi connectivity index (χ0) is 9.80. The van der Waals surface area contributed by atoms with Gasteiger partial charge in [0.1, 0.15) is 0 Å². The van der Waals surface area contributed by atoms with Gasteiger partial charge in [0.2, 0.25) is 0 Å². The van der Waals surface area contributed by atoms with Crippen LogP contribution in [0, 0.1) is 0 Å². The van der Waals surface area contributed by atoms with Crippen LogP contribution in [0.4, 0.5) is 0 Å². The minimum atomic E-state index is -0.276. The minimum absolute atomic E-state index is 0.276. The monoisotopic (exact) mass is 210 g/mol. The van der Waals surface area contributed by atoms with Crippen LogP contribution in [-0.2, 0) is 9.47 Å². The van der Waals surface area contributed by atoms with Crippen LogP contribution in [0.1, 0.15) is 11.9 Å². The molecule has 1 aliphatic heterocycles. The second-order valence-electron chi connectivity index (χ2n) is 3.02. The molecule has 74 valence electrons. The van der Waals surface area contributed by atoms with Crippen LogP contribution in [0.2, 0.25) is 5.02 Å². The maximum Gasteiger partial charge on any atom is 0.184 e. The van der Waals surface area contributed by atoms with Crippen molar-refractivity contribution < 1.29 is 9.47 Å². The zero-order valence-electron chi connectivity index (χ0n) is 7.65. The predicted molar refractivity (Wildman–Crippen MR) is 55.2 cm³/mol. The van der Waals surface area contributed by atoms with E-state index in [1.807, 2.05) is 36.4 Å². The van der Waals surface area contributed by atoms with Crippen molar-refractivity contribution in [2.45, 2.75) is 6.29 Å². The topological polar surface area (TPSA) is 18.5 Å². The highest BCUT2D eigenvalue weighted by Gasteiger charge is 2.12. The van der Waals surface area contributed by atoms with Crippen molar-refractivity contribution >= 4 is 11.6 Å². The molecule has 0 fully saturated rings. The molecule has 0 aliphatic carbocycles. The standard InChI is InChI=1S/C11H11ClO2/c12-10-5-3-9(4-6-10)11-13-7-1-2-8-14-11/h1-6,11H,7-8H2. The quantitative estimate of drug-likeness (QED) is 0.664. The Kier molecular flexibility index (Phi) is 3.19. The Labute approximate surface area is 88.1 Å². The molecule has 0 unspecified atom stereocenters. The number of hydrogen-bond acceptors (Lipinski definition) is 2. The van der Waals surface area contributed by atoms with Crippen molar-refractivity contribution in [3.63, 3.8) is 0 Å². The first-order valence-corrected chi connectivity index (χ1v) is 4.88. The Morgan fingerprint density at radius 1 is 1.00 bits per heavy atom. The third-order valence-corrected chi connectivity index (χ3v) is 2.25. The van der Waals surface area contributed by atoms with Crippen molar-refractivity contribution in [2.75, 3.05) is 13.2 Å². The van der Waals surface area contributed by atoms with Gasteiger partial charge in [0.05, 0.1) is 13.2 Å². The highest BCUT2D eigenvalue weighted by molar-refractivity contribution is 6.30. The normalized spacial score (nSPS) is 18.1. The molecule has 1 aromatic rings. The molecule has 0 amide bonds. The highest BCUT2D eigenvalue weighted by Crippen LogP contribution is 2.22. The van der Waals surface area contributed by atoms with Gasteiger partial charge in [0, 0.05) is 10.6 Å². The molecule has 0 bridgehead atoms. The number of ether oxygens (including phenoxy) is 2. The van der Waals surface area contributed by atoms with E-state index in [0.29, 0.717) is 13.2 Å². The van der Waals surface area contributed by atoms with E-state index in [2.05, 4.69) is 0 Å². The number of rotatable bonds is 1. The van der Waals surface area contributed by atoms with Crippen molar-refractivity contribution in [2.24, 2.45) is 0 Å². The summed E-state index contributed by atoms with van der Waals surface area (Å²) in [6, 6.07) is 7.50. The molecular formula is C11H11ClO2. The van der Waals surface area contributed by atoms with E-state index in [1.54, 1.807) is 0 Å². The smallest absolute Gasteiger partial charge is 0.184 e. The van der Waals surface area contributed by atoms with Gasteiger partial charge in [-0.25, -0.2) is 0 Å². The Hall–Kier alpha value is -0.830. The van der Waals surface area contributed by atoms with Gasteiger partial charge in [-0.3, -0.25) is 0 Å². The fourth-order valence-corrected chi connectivity index (χ4v) is 1.41. The van der Waals surface area contributed by atoms with Crippen molar-refractivity contribution in [1.82, 2.24) is 0 Å². The average Bonchev–Trinajstić information content (AvgIpc) is 2.47. The van der Waals surface area contributed by atoms with Gasteiger partial charge in [0.25, 0.3) is 0 Å². The molecule has 2 rings (SSSR count). The first-order valence-electron chi connectivity index (χ1n) is 4.50. The Balaban J connectivity index is 2.10. The average molecular weight is 211 g/mol. The molecule has 1 aromatic carbocycles. The molecular weight excluding hydrogens is 200 g/mol. The summed E-state index contributed by atoms with van der Waals surface area (Å²) < 4.78 is 11.0. The summed E-state index contributed by atoms with van der Waals surface area (Å²) in [4.78, 5) is 0. The Morgan fingerprint density at radius 3 is 2.14 bits per heavy atom. The summed E-state index contributed by atoms with van der Waals surface area (Å²) in [6.07, 6.45) is 3.63. The molecule has 0 saturated carbocycles. The summed E-state index contributed by atoms with van der Waals surface area (Å²) in [7, 11) is 0. The van der Waals surface area contributed by atoms with Crippen LogP contribution in [-0.4, -0.2) is 13.2 Å². The minimum Gasteiger partial charge on any atom is -0.344 e. The summed E-state index contributed by atoms with van der Waals surface area (Å²) in [6.45, 7) is 1.18. The second kappa shape index (κ2) is 4.60. The summed E-state index contributed by atoms with van der Waals surface area (Å²) in [5.74, 6) is 0. The van der Waals surface area contributed by atoms with Gasteiger partial charge in [-0.15, -0.1) is 0 Å². The van der Waals surface area contributed by atoms with E-state index in [9.17, 15) is 0 Å². The molecule has 14 heavy (non-hydrogen) atoms. The van der Waals surface area contributed by atoms with Crippen LogP contribution in [0.5, 0.6) is 0 Å². The van der Waals surface area contributed by atoms with E-state index in [0.717, 1.165) is 10.6 Å². The van der Waals surface area contributed by atoms with Gasteiger partial charge >= 0.3 is 0 Å². The molecule has 0 spiro atoms. The molecule has 3 heteroatoms. The maximum absolute atomic E-state index is 5.79. The second-order valence-corrected chi connectivity index (χ2v) is 3.46. The fraction of sp³-hybridized carbons (Fsp3) is 0.273. The lowest BCUT2D eigenvalue weighted by molar-refractivity contribution is -0.125. The van der Waals surface area contributed by atoms with Gasteiger partial charge in [-0.2, -0.15) is 0 Å². The fourth-order valence-electron chi connectivity index (χ4n) is 1.28. The zero-order valence-corrected chi connectivity index (χ0v) is 8.41. The number of halogens is 1. The molecule has 2 nitrogen and oxygen atoms in total. The van der Waals surface area contributed by atoms with E-state index in [-0.39, 0.29) is 6.29 Å². The van der Waals surface area contributed by atoms with Crippen LogP contribution < -0.4 is 0 Å². The first kappa shape index (κ1) is 9.71. The Morgan fingerprint density at radius 2 is 1.57 bits per heavy atom. The van der Waals surface area contributed by atoms with E-state index in [4.69, 9.17) is 21.1 Å². The van der Waals surface area contributed by atoms with E-state index >= 15 is 0 Å². The maximum atomic E-state index is 5.79. The third-order valence-electron chi connectivity index (χ3n) is 2.00. The van der Waals surface area contributed by atoms with Crippen LogP contribution >= 0.6 is 11.6 Å². The lowest BCUT2D eigenvalue weighted by Gasteiger charge is -2.15. The van der Waals surface area contributed by atoms with Crippen molar-refractivity contribution in [1.29, 1.82) is 0 Å². The third kappa shape index (κ3) is 2.35.